The van der Waals surface area contributed by atoms with Crippen LogP contribution < -0.4 is 4.74 Å². The second-order valence-electron chi connectivity index (χ2n) is 6.78. The number of hydrogen-bond acceptors (Lipinski definition) is 4. The van der Waals surface area contributed by atoms with E-state index in [1.165, 1.54) is 23.3 Å². The average molecular weight is 363 g/mol. The molecule has 0 spiro atoms. The molecule has 0 saturated heterocycles. The van der Waals surface area contributed by atoms with Crippen LogP contribution >= 0.6 is 0 Å². The third-order valence-electron chi connectivity index (χ3n) is 5.06. The maximum Gasteiger partial charge on any atom is 0.123 e. The van der Waals surface area contributed by atoms with Crippen molar-refractivity contribution < 1.29 is 9.13 Å². The Morgan fingerprint density at radius 1 is 0.963 bits per heavy atom. The van der Waals surface area contributed by atoms with Crippen LogP contribution in [0.3, 0.4) is 0 Å². The Morgan fingerprint density at radius 2 is 1.70 bits per heavy atom. The van der Waals surface area contributed by atoms with Crippen LogP contribution in [0, 0.1) is 5.82 Å². The van der Waals surface area contributed by atoms with Crippen LogP contribution in [0.2, 0.25) is 0 Å². The first-order chi connectivity index (χ1) is 13.2. The number of fused-ring (bicyclic) bond motifs is 1. The summed E-state index contributed by atoms with van der Waals surface area (Å²) in [6.45, 7) is 2.80. The first kappa shape index (κ1) is 17.6. The fraction of sp³-hybridized carbons (Fsp3) is 0.273. The molecule has 1 aliphatic heterocycles. The molecule has 0 amide bonds. The minimum atomic E-state index is -0.232. The Labute approximate surface area is 158 Å². The molecule has 5 heteroatoms. The largest absolute Gasteiger partial charge is 0.497 e. The molecule has 4 nitrogen and oxygen atoms in total. The smallest absolute Gasteiger partial charge is 0.123 e. The lowest BCUT2D eigenvalue weighted by Gasteiger charge is -2.19. The van der Waals surface area contributed by atoms with Crippen LogP contribution in [0.4, 0.5) is 4.39 Å². The van der Waals surface area contributed by atoms with E-state index in [9.17, 15) is 4.39 Å². The highest BCUT2D eigenvalue weighted by molar-refractivity contribution is 5.63. The molecule has 3 aromatic rings. The Balaban J connectivity index is 1.52. The van der Waals surface area contributed by atoms with Gasteiger partial charge in [0.15, 0.2) is 0 Å². The monoisotopic (exact) mass is 363 g/mol. The van der Waals surface area contributed by atoms with Gasteiger partial charge in [-0.3, -0.25) is 4.90 Å². The van der Waals surface area contributed by atoms with E-state index >= 15 is 0 Å². The molecular formula is C22H22FN3O. The van der Waals surface area contributed by atoms with Crippen molar-refractivity contribution in [3.8, 4) is 17.0 Å². The molecule has 4 rings (SSSR count). The van der Waals surface area contributed by atoms with Gasteiger partial charge >= 0.3 is 0 Å². The summed E-state index contributed by atoms with van der Waals surface area (Å²) in [5.74, 6) is 0.644. The van der Waals surface area contributed by atoms with Gasteiger partial charge in [-0.2, -0.15) is 0 Å². The molecule has 1 aliphatic rings. The highest BCUT2D eigenvalue weighted by atomic mass is 19.1. The number of nitrogens with zero attached hydrogens (tertiary/aromatic N) is 3. The first-order valence-corrected chi connectivity index (χ1v) is 9.17. The summed E-state index contributed by atoms with van der Waals surface area (Å²) in [5, 5.41) is 0. The molecule has 2 aromatic carbocycles. The molecule has 0 fully saturated rings. The fourth-order valence-electron chi connectivity index (χ4n) is 3.58. The van der Waals surface area contributed by atoms with Gasteiger partial charge in [0.1, 0.15) is 17.9 Å². The van der Waals surface area contributed by atoms with Crippen molar-refractivity contribution in [2.45, 2.75) is 19.4 Å². The van der Waals surface area contributed by atoms with Gasteiger partial charge in [-0.15, -0.1) is 0 Å². The number of rotatable bonds is 4. The normalized spacial score (nSPS) is 14.4. The number of methoxy groups -OCH3 is 1. The van der Waals surface area contributed by atoms with Gasteiger partial charge in [-0.05, 0) is 48.4 Å². The summed E-state index contributed by atoms with van der Waals surface area (Å²) in [4.78, 5) is 11.5. The predicted octanol–water partition coefficient (Wildman–Crippen LogP) is 3.89. The van der Waals surface area contributed by atoms with Gasteiger partial charge in [0, 0.05) is 42.9 Å². The topological polar surface area (TPSA) is 38.2 Å². The van der Waals surface area contributed by atoms with Crippen molar-refractivity contribution in [1.29, 1.82) is 0 Å². The minimum absolute atomic E-state index is 0.232. The molecule has 2 heterocycles. The van der Waals surface area contributed by atoms with E-state index in [0.29, 0.717) is 0 Å². The third kappa shape index (κ3) is 3.98. The molecular weight excluding hydrogens is 341 g/mol. The Morgan fingerprint density at radius 3 is 2.44 bits per heavy atom. The molecule has 0 radical (unpaired) electrons. The lowest BCUT2D eigenvalue weighted by molar-refractivity contribution is 0.279. The number of halogens is 1. The zero-order valence-corrected chi connectivity index (χ0v) is 15.4. The van der Waals surface area contributed by atoms with Gasteiger partial charge in [-0.25, -0.2) is 14.4 Å². The summed E-state index contributed by atoms with van der Waals surface area (Å²) >= 11 is 0. The third-order valence-corrected chi connectivity index (χ3v) is 5.06. The molecule has 0 unspecified atom stereocenters. The van der Waals surface area contributed by atoms with E-state index < -0.39 is 0 Å². The lowest BCUT2D eigenvalue weighted by atomic mass is 10.0. The van der Waals surface area contributed by atoms with Gasteiger partial charge in [0.25, 0.3) is 0 Å². The standard InChI is InChI=1S/C22H22FN3O/c1-27-19-8-2-16(3-9-19)14-26-12-10-20-21(11-13-26)24-15-25-22(20)17-4-6-18(23)7-5-17/h2-9,15H,10-14H2,1H3. The Bertz CT molecular complexity index is 910. The van der Waals surface area contributed by atoms with Gasteiger partial charge < -0.3 is 4.74 Å². The van der Waals surface area contributed by atoms with E-state index in [1.807, 2.05) is 12.1 Å². The molecule has 138 valence electrons. The molecule has 0 aliphatic carbocycles. The summed E-state index contributed by atoms with van der Waals surface area (Å²) in [6, 6.07) is 14.8. The average Bonchev–Trinajstić information content (AvgIpc) is 2.92. The van der Waals surface area contributed by atoms with E-state index in [0.717, 1.165) is 55.2 Å². The minimum Gasteiger partial charge on any atom is -0.497 e. The van der Waals surface area contributed by atoms with E-state index in [2.05, 4.69) is 27.0 Å². The van der Waals surface area contributed by atoms with Crippen LogP contribution in [-0.2, 0) is 19.4 Å². The highest BCUT2D eigenvalue weighted by Gasteiger charge is 2.19. The van der Waals surface area contributed by atoms with Crippen LogP contribution in [0.25, 0.3) is 11.3 Å². The van der Waals surface area contributed by atoms with Crippen LogP contribution in [0.15, 0.2) is 54.9 Å². The zero-order valence-electron chi connectivity index (χ0n) is 15.4. The SMILES string of the molecule is COc1ccc(CN2CCc3ncnc(-c4ccc(F)cc4)c3CC2)cc1. The van der Waals surface area contributed by atoms with E-state index in [4.69, 9.17) is 4.74 Å². The van der Waals surface area contributed by atoms with E-state index in [1.54, 1.807) is 25.6 Å². The molecule has 0 bridgehead atoms. The van der Waals surface area contributed by atoms with Crippen molar-refractivity contribution in [2.75, 3.05) is 20.2 Å². The fourth-order valence-corrected chi connectivity index (χ4v) is 3.58. The lowest BCUT2D eigenvalue weighted by Crippen LogP contribution is -2.25. The van der Waals surface area contributed by atoms with Crippen molar-refractivity contribution in [2.24, 2.45) is 0 Å². The maximum absolute atomic E-state index is 13.3. The highest BCUT2D eigenvalue weighted by Crippen LogP contribution is 2.26. The molecule has 27 heavy (non-hydrogen) atoms. The van der Waals surface area contributed by atoms with Crippen LogP contribution in [-0.4, -0.2) is 35.1 Å². The zero-order chi connectivity index (χ0) is 18.6. The molecule has 1 aromatic heterocycles. The van der Waals surface area contributed by atoms with E-state index in [-0.39, 0.29) is 5.82 Å². The molecule has 0 saturated carbocycles. The Kier molecular flexibility index (Phi) is 5.12. The van der Waals surface area contributed by atoms with Crippen molar-refractivity contribution >= 4 is 0 Å². The van der Waals surface area contributed by atoms with Crippen molar-refractivity contribution in [3.05, 3.63) is 77.5 Å². The molecule has 0 N–H and O–H groups in total. The second-order valence-corrected chi connectivity index (χ2v) is 6.78. The maximum atomic E-state index is 13.3. The number of benzene rings is 2. The first-order valence-electron chi connectivity index (χ1n) is 9.17. The summed E-state index contributed by atoms with van der Waals surface area (Å²) < 4.78 is 18.5. The van der Waals surface area contributed by atoms with Gasteiger partial charge in [0.05, 0.1) is 12.8 Å². The number of ether oxygens (including phenoxy) is 1. The van der Waals surface area contributed by atoms with Crippen LogP contribution in [0.5, 0.6) is 5.75 Å². The van der Waals surface area contributed by atoms with Crippen molar-refractivity contribution in [1.82, 2.24) is 14.9 Å². The Hall–Kier alpha value is -2.79. The van der Waals surface area contributed by atoms with Gasteiger partial charge in [-0.1, -0.05) is 12.1 Å². The van der Waals surface area contributed by atoms with Crippen molar-refractivity contribution in [3.63, 3.8) is 0 Å². The number of hydrogen-bond donors (Lipinski definition) is 0. The summed E-state index contributed by atoms with van der Waals surface area (Å²) in [5.41, 5.74) is 5.42. The number of aromatic nitrogens is 2. The predicted molar refractivity (Wildman–Crippen MR) is 103 cm³/mol. The second kappa shape index (κ2) is 7.84. The van der Waals surface area contributed by atoms with Gasteiger partial charge in [0.2, 0.25) is 0 Å². The van der Waals surface area contributed by atoms with Crippen LogP contribution in [0.1, 0.15) is 16.8 Å². The summed E-state index contributed by atoms with van der Waals surface area (Å²) in [6.07, 6.45) is 3.40. The molecule has 0 atom stereocenters. The summed E-state index contributed by atoms with van der Waals surface area (Å²) in [7, 11) is 1.68. The quantitative estimate of drug-likeness (QED) is 0.705.